The largest absolute Gasteiger partial charge is 0.457 e. The van der Waals surface area contributed by atoms with Gasteiger partial charge >= 0.3 is 0 Å². The van der Waals surface area contributed by atoms with Crippen molar-refractivity contribution in [3.8, 4) is 11.5 Å². The summed E-state index contributed by atoms with van der Waals surface area (Å²) in [6.45, 7) is 1.83. The molecule has 1 heterocycles. The van der Waals surface area contributed by atoms with Gasteiger partial charge in [0.05, 0.1) is 5.69 Å². The maximum absolute atomic E-state index is 12.7. The lowest BCUT2D eigenvalue weighted by molar-refractivity contribution is 0.103. The molecule has 3 aromatic carbocycles. The van der Waals surface area contributed by atoms with Crippen LogP contribution >= 0.6 is 11.3 Å². The highest BCUT2D eigenvalue weighted by molar-refractivity contribution is 7.17. The first kappa shape index (κ1) is 18.7. The van der Waals surface area contributed by atoms with Crippen LogP contribution in [0.2, 0.25) is 0 Å². The van der Waals surface area contributed by atoms with E-state index in [1.54, 1.807) is 0 Å². The molecule has 0 saturated carbocycles. The van der Waals surface area contributed by atoms with Gasteiger partial charge in [-0.05, 0) is 55.5 Å². The summed E-state index contributed by atoms with van der Waals surface area (Å²) in [4.78, 5) is 17.7. The number of aryl methyl sites for hydroxylation is 1. The van der Waals surface area contributed by atoms with Crippen LogP contribution in [0.4, 0.5) is 16.5 Å². The van der Waals surface area contributed by atoms with E-state index in [-0.39, 0.29) is 5.91 Å². The second-order valence-corrected chi connectivity index (χ2v) is 7.32. The molecule has 0 unspecified atom stereocenters. The summed E-state index contributed by atoms with van der Waals surface area (Å²) in [5, 5.41) is 6.83. The Kier molecular flexibility index (Phi) is 5.54. The molecule has 0 fully saturated rings. The molecule has 5 nitrogen and oxygen atoms in total. The zero-order valence-corrected chi connectivity index (χ0v) is 16.6. The fourth-order valence-corrected chi connectivity index (χ4v) is 3.61. The normalized spacial score (nSPS) is 10.4. The molecule has 0 atom stereocenters. The number of nitrogens with zero attached hydrogens (tertiary/aromatic N) is 1. The molecular weight excluding hydrogens is 382 g/mol. The van der Waals surface area contributed by atoms with Crippen molar-refractivity contribution in [2.24, 2.45) is 0 Å². The number of carbonyl (C=O) groups is 1. The molecule has 29 heavy (non-hydrogen) atoms. The Bertz CT molecular complexity index is 1090. The Labute approximate surface area is 173 Å². The van der Waals surface area contributed by atoms with Gasteiger partial charge < -0.3 is 15.4 Å². The van der Waals surface area contributed by atoms with Gasteiger partial charge in [-0.3, -0.25) is 4.79 Å². The van der Waals surface area contributed by atoms with Crippen molar-refractivity contribution in [1.82, 2.24) is 4.98 Å². The summed E-state index contributed by atoms with van der Waals surface area (Å²) < 4.78 is 5.77. The smallest absolute Gasteiger partial charge is 0.267 e. The van der Waals surface area contributed by atoms with Crippen molar-refractivity contribution in [2.75, 3.05) is 10.6 Å². The molecule has 0 aliphatic carbocycles. The van der Waals surface area contributed by atoms with Crippen molar-refractivity contribution in [3.05, 3.63) is 95.5 Å². The predicted molar refractivity (Wildman–Crippen MR) is 117 cm³/mol. The second-order valence-electron chi connectivity index (χ2n) is 6.32. The summed E-state index contributed by atoms with van der Waals surface area (Å²) in [5.74, 6) is 1.29. The number of amides is 1. The number of nitrogens with one attached hydrogen (secondary N) is 2. The van der Waals surface area contributed by atoms with Crippen LogP contribution < -0.4 is 15.4 Å². The molecule has 1 amide bonds. The van der Waals surface area contributed by atoms with Gasteiger partial charge in [0.25, 0.3) is 5.91 Å². The topological polar surface area (TPSA) is 63.2 Å². The third kappa shape index (κ3) is 4.80. The average molecular weight is 401 g/mol. The number of benzene rings is 3. The van der Waals surface area contributed by atoms with Gasteiger partial charge in [0.15, 0.2) is 5.13 Å². The SMILES string of the molecule is Cc1nc(Nc2ccccc2)sc1C(=O)Nc1ccc(Oc2ccccc2)cc1. The van der Waals surface area contributed by atoms with E-state index in [1.807, 2.05) is 91.9 Å². The quantitative estimate of drug-likeness (QED) is 0.401. The summed E-state index contributed by atoms with van der Waals surface area (Å²) in [6, 6.07) is 26.6. The van der Waals surface area contributed by atoms with Crippen molar-refractivity contribution in [3.63, 3.8) is 0 Å². The highest BCUT2D eigenvalue weighted by Gasteiger charge is 2.16. The van der Waals surface area contributed by atoms with E-state index in [4.69, 9.17) is 4.74 Å². The predicted octanol–water partition coefficient (Wildman–Crippen LogP) is 6.24. The minimum absolute atomic E-state index is 0.183. The van der Waals surface area contributed by atoms with E-state index >= 15 is 0 Å². The average Bonchev–Trinajstić information content (AvgIpc) is 3.11. The van der Waals surface area contributed by atoms with Crippen molar-refractivity contribution in [2.45, 2.75) is 6.92 Å². The van der Waals surface area contributed by atoms with Gasteiger partial charge in [0, 0.05) is 11.4 Å². The van der Waals surface area contributed by atoms with E-state index in [0.717, 1.165) is 11.4 Å². The van der Waals surface area contributed by atoms with Crippen LogP contribution in [0.1, 0.15) is 15.4 Å². The maximum atomic E-state index is 12.7. The van der Waals surface area contributed by atoms with Gasteiger partial charge in [-0.1, -0.05) is 47.7 Å². The first-order valence-corrected chi connectivity index (χ1v) is 9.93. The minimum atomic E-state index is -0.183. The molecule has 6 heteroatoms. The number of carbonyl (C=O) groups excluding carboxylic acids is 1. The highest BCUT2D eigenvalue weighted by Crippen LogP contribution is 2.27. The molecule has 0 aliphatic rings. The molecule has 1 aromatic heterocycles. The van der Waals surface area contributed by atoms with E-state index in [0.29, 0.717) is 27.1 Å². The standard InChI is InChI=1S/C23H19N3O2S/c1-16-21(29-23(24-16)26-17-8-4-2-5-9-17)22(27)25-18-12-14-20(15-13-18)28-19-10-6-3-7-11-19/h2-15H,1H3,(H,24,26)(H,25,27). The molecule has 4 rings (SSSR count). The van der Waals surface area contributed by atoms with Gasteiger partial charge in [0.1, 0.15) is 16.4 Å². The monoisotopic (exact) mass is 401 g/mol. The van der Waals surface area contributed by atoms with Crippen LogP contribution in [0.25, 0.3) is 0 Å². The molecule has 144 valence electrons. The van der Waals surface area contributed by atoms with Crippen LogP contribution in [-0.2, 0) is 0 Å². The van der Waals surface area contributed by atoms with Gasteiger partial charge in [-0.15, -0.1) is 0 Å². The Hall–Kier alpha value is -3.64. The lowest BCUT2D eigenvalue weighted by atomic mass is 10.3. The van der Waals surface area contributed by atoms with Crippen LogP contribution in [0.15, 0.2) is 84.9 Å². The summed E-state index contributed by atoms with van der Waals surface area (Å²) in [7, 11) is 0. The van der Waals surface area contributed by atoms with Gasteiger partial charge in [0.2, 0.25) is 0 Å². The molecular formula is C23H19N3O2S. The maximum Gasteiger partial charge on any atom is 0.267 e. The van der Waals surface area contributed by atoms with Crippen LogP contribution in [0, 0.1) is 6.92 Å². The van der Waals surface area contributed by atoms with Crippen LogP contribution in [-0.4, -0.2) is 10.9 Å². The molecule has 0 radical (unpaired) electrons. The molecule has 2 N–H and O–H groups in total. The van der Waals surface area contributed by atoms with Crippen molar-refractivity contribution < 1.29 is 9.53 Å². The lowest BCUT2D eigenvalue weighted by Crippen LogP contribution is -2.11. The van der Waals surface area contributed by atoms with E-state index < -0.39 is 0 Å². The summed E-state index contributed by atoms with van der Waals surface area (Å²) in [5.41, 5.74) is 2.32. The zero-order valence-electron chi connectivity index (χ0n) is 15.8. The van der Waals surface area contributed by atoms with Gasteiger partial charge in [-0.2, -0.15) is 0 Å². The third-order valence-corrected chi connectivity index (χ3v) is 5.19. The van der Waals surface area contributed by atoms with Crippen LogP contribution in [0.3, 0.4) is 0 Å². The number of para-hydroxylation sites is 2. The Balaban J connectivity index is 1.41. The first-order valence-electron chi connectivity index (χ1n) is 9.11. The van der Waals surface area contributed by atoms with Gasteiger partial charge in [-0.25, -0.2) is 4.98 Å². The minimum Gasteiger partial charge on any atom is -0.457 e. The number of rotatable bonds is 6. The molecule has 0 aliphatic heterocycles. The third-order valence-electron chi connectivity index (χ3n) is 4.12. The Morgan fingerprint density at radius 2 is 1.45 bits per heavy atom. The number of hydrogen-bond donors (Lipinski definition) is 2. The fraction of sp³-hybridized carbons (Fsp3) is 0.0435. The second kappa shape index (κ2) is 8.58. The molecule has 0 spiro atoms. The molecule has 0 bridgehead atoms. The lowest BCUT2D eigenvalue weighted by Gasteiger charge is -2.07. The van der Waals surface area contributed by atoms with E-state index in [2.05, 4.69) is 15.6 Å². The Morgan fingerprint density at radius 3 is 2.14 bits per heavy atom. The zero-order chi connectivity index (χ0) is 20.1. The number of hydrogen-bond acceptors (Lipinski definition) is 5. The molecule has 0 saturated heterocycles. The fourth-order valence-electron chi connectivity index (χ4n) is 2.72. The summed E-state index contributed by atoms with van der Waals surface area (Å²) in [6.07, 6.45) is 0. The number of ether oxygens (including phenoxy) is 1. The van der Waals surface area contributed by atoms with Crippen molar-refractivity contribution in [1.29, 1.82) is 0 Å². The number of anilines is 3. The molecule has 4 aromatic rings. The van der Waals surface area contributed by atoms with E-state index in [9.17, 15) is 4.79 Å². The number of thiazole rings is 1. The summed E-state index contributed by atoms with van der Waals surface area (Å²) >= 11 is 1.33. The highest BCUT2D eigenvalue weighted by atomic mass is 32.1. The van der Waals surface area contributed by atoms with Crippen LogP contribution in [0.5, 0.6) is 11.5 Å². The number of aromatic nitrogens is 1. The first-order chi connectivity index (χ1) is 14.2. The Morgan fingerprint density at radius 1 is 0.828 bits per heavy atom. The van der Waals surface area contributed by atoms with Crippen molar-refractivity contribution >= 4 is 33.8 Å². The van der Waals surface area contributed by atoms with E-state index in [1.165, 1.54) is 11.3 Å².